The summed E-state index contributed by atoms with van der Waals surface area (Å²) < 4.78 is 0. The molecule has 0 aliphatic heterocycles. The Labute approximate surface area is 175 Å². The van der Waals surface area contributed by atoms with Crippen molar-refractivity contribution in [3.8, 4) is 0 Å². The predicted octanol–water partition coefficient (Wildman–Crippen LogP) is 3.83. The highest BCUT2D eigenvalue weighted by atomic mass is 35.5. The lowest BCUT2D eigenvalue weighted by Crippen LogP contribution is -2.28. The monoisotopic (exact) mass is 413 g/mol. The first-order valence-electron chi connectivity index (χ1n) is 9.09. The first-order valence-corrected chi connectivity index (χ1v) is 9.09. The van der Waals surface area contributed by atoms with Crippen LogP contribution >= 0.6 is 12.4 Å². The summed E-state index contributed by atoms with van der Waals surface area (Å²) in [6, 6.07) is 15.2. The van der Waals surface area contributed by atoms with Crippen LogP contribution in [0, 0.1) is 0 Å². The number of amides is 3. The summed E-state index contributed by atoms with van der Waals surface area (Å²) in [4.78, 5) is 27.5. The summed E-state index contributed by atoms with van der Waals surface area (Å²) in [5, 5.41) is 13.3. The SMILES string of the molecule is CCNC(=O)Nc1cc2cccc(Nc3ccc(CC(=O)NC)cc3)c2cn1.Cl. The topological polar surface area (TPSA) is 95.2 Å². The van der Waals surface area contributed by atoms with Crippen molar-refractivity contribution < 1.29 is 9.59 Å². The van der Waals surface area contributed by atoms with Gasteiger partial charge in [0, 0.05) is 36.6 Å². The van der Waals surface area contributed by atoms with Gasteiger partial charge in [-0.05, 0) is 42.1 Å². The standard InChI is InChI=1S/C21H23N5O2.ClH/c1-3-23-21(28)26-19-12-15-5-4-6-18(17(15)13-24-19)25-16-9-7-14(8-10-16)11-20(27)22-2;/h4-10,12-13,25H,3,11H2,1-2H3,(H,22,27)(H2,23,24,26,28);1H. The second-order valence-electron chi connectivity index (χ2n) is 6.25. The highest BCUT2D eigenvalue weighted by molar-refractivity contribution is 5.97. The zero-order valence-electron chi connectivity index (χ0n) is 16.3. The number of nitrogens with zero attached hydrogens (tertiary/aromatic N) is 1. The number of rotatable bonds is 6. The number of nitrogens with one attached hydrogen (secondary N) is 4. The van der Waals surface area contributed by atoms with Crippen molar-refractivity contribution in [1.29, 1.82) is 0 Å². The number of aromatic nitrogens is 1. The van der Waals surface area contributed by atoms with Gasteiger partial charge in [0.2, 0.25) is 5.91 Å². The Kier molecular flexibility index (Phi) is 7.79. The Morgan fingerprint density at radius 3 is 2.52 bits per heavy atom. The number of fused-ring (bicyclic) bond motifs is 1. The third-order valence-electron chi connectivity index (χ3n) is 4.22. The number of benzene rings is 2. The molecule has 3 rings (SSSR count). The molecule has 0 unspecified atom stereocenters. The number of hydrogen-bond acceptors (Lipinski definition) is 4. The van der Waals surface area contributed by atoms with Gasteiger partial charge >= 0.3 is 6.03 Å². The molecule has 0 fully saturated rings. The first kappa shape index (κ1) is 22.0. The smallest absolute Gasteiger partial charge is 0.320 e. The minimum atomic E-state index is -0.277. The molecule has 0 aliphatic carbocycles. The van der Waals surface area contributed by atoms with Crippen LogP contribution < -0.4 is 21.3 Å². The lowest BCUT2D eigenvalue weighted by Gasteiger charge is -2.12. The molecule has 3 aromatic rings. The molecule has 29 heavy (non-hydrogen) atoms. The Morgan fingerprint density at radius 2 is 1.83 bits per heavy atom. The number of carbonyl (C=O) groups is 2. The van der Waals surface area contributed by atoms with Crippen LogP contribution in [0.25, 0.3) is 10.8 Å². The van der Waals surface area contributed by atoms with Crippen molar-refractivity contribution in [2.24, 2.45) is 0 Å². The number of halogens is 1. The highest BCUT2D eigenvalue weighted by Crippen LogP contribution is 2.27. The van der Waals surface area contributed by atoms with Crippen molar-refractivity contribution in [3.05, 3.63) is 60.3 Å². The first-order chi connectivity index (χ1) is 13.6. The van der Waals surface area contributed by atoms with Crippen LogP contribution in [0.4, 0.5) is 22.0 Å². The molecule has 0 saturated carbocycles. The Bertz CT molecular complexity index is 992. The molecule has 152 valence electrons. The molecule has 0 bridgehead atoms. The van der Waals surface area contributed by atoms with Crippen molar-refractivity contribution in [2.75, 3.05) is 24.2 Å². The van der Waals surface area contributed by atoms with E-state index in [9.17, 15) is 9.59 Å². The molecule has 1 heterocycles. The number of urea groups is 1. The number of carbonyl (C=O) groups excluding carboxylic acids is 2. The van der Waals surface area contributed by atoms with Crippen molar-refractivity contribution in [2.45, 2.75) is 13.3 Å². The molecule has 4 N–H and O–H groups in total. The molecule has 0 saturated heterocycles. The van der Waals surface area contributed by atoms with Gasteiger partial charge in [-0.15, -0.1) is 12.4 Å². The van der Waals surface area contributed by atoms with Gasteiger partial charge in [-0.2, -0.15) is 0 Å². The molecule has 0 atom stereocenters. The van der Waals surface area contributed by atoms with Gasteiger partial charge < -0.3 is 16.0 Å². The van der Waals surface area contributed by atoms with Gasteiger partial charge in [0.15, 0.2) is 0 Å². The second-order valence-corrected chi connectivity index (χ2v) is 6.25. The van der Waals surface area contributed by atoms with Crippen LogP contribution in [0.15, 0.2) is 54.7 Å². The second kappa shape index (κ2) is 10.3. The lowest BCUT2D eigenvalue weighted by molar-refractivity contribution is -0.119. The molecule has 0 aliphatic rings. The number of pyridine rings is 1. The van der Waals surface area contributed by atoms with Gasteiger partial charge in [-0.3, -0.25) is 10.1 Å². The molecule has 7 nitrogen and oxygen atoms in total. The molecular formula is C21H24ClN5O2. The van der Waals surface area contributed by atoms with Gasteiger partial charge in [-0.1, -0.05) is 24.3 Å². The molecule has 3 amide bonds. The van der Waals surface area contributed by atoms with Crippen LogP contribution in [0.1, 0.15) is 12.5 Å². The minimum Gasteiger partial charge on any atom is -0.359 e. The normalized spacial score (nSPS) is 10.0. The third kappa shape index (κ3) is 5.83. The van der Waals surface area contributed by atoms with E-state index in [1.165, 1.54) is 0 Å². The fourth-order valence-electron chi connectivity index (χ4n) is 2.81. The van der Waals surface area contributed by atoms with Crippen LogP contribution in [0.3, 0.4) is 0 Å². The van der Waals surface area contributed by atoms with Crippen LogP contribution in [0.2, 0.25) is 0 Å². The fourth-order valence-corrected chi connectivity index (χ4v) is 2.81. The van der Waals surface area contributed by atoms with Gasteiger partial charge in [0.05, 0.1) is 6.42 Å². The molecule has 0 radical (unpaired) electrons. The average Bonchev–Trinajstić information content (AvgIpc) is 2.69. The summed E-state index contributed by atoms with van der Waals surface area (Å²) in [7, 11) is 1.63. The number of anilines is 3. The lowest BCUT2D eigenvalue weighted by atomic mass is 10.1. The maximum Gasteiger partial charge on any atom is 0.320 e. The van der Waals surface area contributed by atoms with Gasteiger partial charge in [0.25, 0.3) is 0 Å². The van der Waals surface area contributed by atoms with Gasteiger partial charge in [0.1, 0.15) is 5.82 Å². The highest BCUT2D eigenvalue weighted by Gasteiger charge is 2.07. The molecular weight excluding hydrogens is 390 g/mol. The van der Waals surface area contributed by atoms with E-state index in [0.717, 1.165) is 27.7 Å². The zero-order valence-corrected chi connectivity index (χ0v) is 17.1. The average molecular weight is 414 g/mol. The van der Waals surface area contributed by atoms with Crippen LogP contribution in [0.5, 0.6) is 0 Å². The maximum atomic E-state index is 11.7. The number of hydrogen-bond donors (Lipinski definition) is 4. The van der Waals surface area contributed by atoms with Crippen molar-refractivity contribution in [3.63, 3.8) is 0 Å². The van der Waals surface area contributed by atoms with E-state index in [1.807, 2.05) is 55.5 Å². The molecule has 1 aromatic heterocycles. The van der Waals surface area contributed by atoms with E-state index in [0.29, 0.717) is 18.8 Å². The fraction of sp³-hybridized carbons (Fsp3) is 0.190. The van der Waals surface area contributed by atoms with Gasteiger partial charge in [-0.25, -0.2) is 9.78 Å². The summed E-state index contributed by atoms with van der Waals surface area (Å²) >= 11 is 0. The molecule has 8 heteroatoms. The van der Waals surface area contributed by atoms with E-state index < -0.39 is 0 Å². The summed E-state index contributed by atoms with van der Waals surface area (Å²) in [6.07, 6.45) is 2.09. The minimum absolute atomic E-state index is 0. The van der Waals surface area contributed by atoms with Crippen LogP contribution in [-0.4, -0.2) is 30.5 Å². The summed E-state index contributed by atoms with van der Waals surface area (Å²) in [5.41, 5.74) is 2.77. The third-order valence-corrected chi connectivity index (χ3v) is 4.22. The predicted molar refractivity (Wildman–Crippen MR) is 119 cm³/mol. The van der Waals surface area contributed by atoms with Crippen molar-refractivity contribution >= 4 is 52.3 Å². The number of likely N-dealkylation sites (N-methyl/N-ethyl adjacent to an activating group) is 1. The Morgan fingerprint density at radius 1 is 1.07 bits per heavy atom. The molecule has 2 aromatic carbocycles. The maximum absolute atomic E-state index is 11.7. The zero-order chi connectivity index (χ0) is 19.9. The van der Waals surface area contributed by atoms with Crippen LogP contribution in [-0.2, 0) is 11.2 Å². The Hall–Kier alpha value is -3.32. The summed E-state index contributed by atoms with van der Waals surface area (Å²) in [6.45, 7) is 2.41. The quantitative estimate of drug-likeness (QED) is 0.494. The van der Waals surface area contributed by atoms with E-state index in [1.54, 1.807) is 13.2 Å². The molecule has 0 spiro atoms. The van der Waals surface area contributed by atoms with E-state index >= 15 is 0 Å². The van der Waals surface area contributed by atoms with E-state index in [4.69, 9.17) is 0 Å². The van der Waals surface area contributed by atoms with E-state index in [2.05, 4.69) is 26.3 Å². The largest absolute Gasteiger partial charge is 0.359 e. The van der Waals surface area contributed by atoms with Crippen molar-refractivity contribution in [1.82, 2.24) is 15.6 Å². The van der Waals surface area contributed by atoms with E-state index in [-0.39, 0.29) is 24.3 Å². The summed E-state index contributed by atoms with van der Waals surface area (Å²) in [5.74, 6) is 0.479. The Balaban J connectivity index is 0.00000300.